The Balaban J connectivity index is 2.06. The molecule has 0 saturated carbocycles. The number of benzene rings is 1. The Bertz CT molecular complexity index is 550. The van der Waals surface area contributed by atoms with E-state index in [0.717, 1.165) is 17.5 Å². The molecule has 0 bridgehead atoms. The van der Waals surface area contributed by atoms with Gasteiger partial charge < -0.3 is 14.8 Å². The van der Waals surface area contributed by atoms with Crippen LogP contribution in [0.5, 0.6) is 0 Å². The molecule has 0 aliphatic carbocycles. The van der Waals surface area contributed by atoms with E-state index in [9.17, 15) is 9.59 Å². The second kappa shape index (κ2) is 7.40. The van der Waals surface area contributed by atoms with Crippen molar-refractivity contribution in [2.75, 3.05) is 13.7 Å². The molecule has 1 aliphatic rings. The van der Waals surface area contributed by atoms with Gasteiger partial charge in [0.05, 0.1) is 7.11 Å². The van der Waals surface area contributed by atoms with Crippen molar-refractivity contribution in [1.82, 2.24) is 5.32 Å². The van der Waals surface area contributed by atoms with Crippen LogP contribution in [0.4, 0.5) is 0 Å². The molecule has 120 valence electrons. The third kappa shape index (κ3) is 4.07. The van der Waals surface area contributed by atoms with E-state index in [4.69, 9.17) is 9.47 Å². The van der Waals surface area contributed by atoms with Gasteiger partial charge in [-0.1, -0.05) is 18.2 Å². The van der Waals surface area contributed by atoms with Crippen molar-refractivity contribution in [3.8, 4) is 0 Å². The standard InChI is InChI=1S/C17H23NO4/c1-11-6-7-13(9-12(11)2)10-14(17(20)21-3)18-16(19)15-5-4-8-22-15/h6-7,9,14-15H,4-5,8,10H2,1-3H3,(H,18,19)/t14-,15-/m0/s1. The van der Waals surface area contributed by atoms with E-state index in [0.29, 0.717) is 19.4 Å². The van der Waals surface area contributed by atoms with E-state index in [1.165, 1.54) is 12.7 Å². The third-order valence-electron chi connectivity index (χ3n) is 4.04. The SMILES string of the molecule is COC(=O)[C@H](Cc1ccc(C)c(C)c1)NC(=O)[C@@H]1CCCO1. The van der Waals surface area contributed by atoms with Crippen LogP contribution in [-0.4, -0.2) is 37.7 Å². The third-order valence-corrected chi connectivity index (χ3v) is 4.04. The summed E-state index contributed by atoms with van der Waals surface area (Å²) < 4.78 is 10.2. The number of aryl methyl sites for hydroxylation is 2. The molecule has 1 N–H and O–H groups in total. The number of carbonyl (C=O) groups excluding carboxylic acids is 2. The summed E-state index contributed by atoms with van der Waals surface area (Å²) in [6.45, 7) is 4.66. The molecule has 0 unspecified atom stereocenters. The number of amides is 1. The van der Waals surface area contributed by atoms with Gasteiger partial charge in [-0.15, -0.1) is 0 Å². The van der Waals surface area contributed by atoms with Gasteiger partial charge in [0.1, 0.15) is 12.1 Å². The first-order valence-electron chi connectivity index (χ1n) is 7.57. The molecule has 0 radical (unpaired) electrons. The van der Waals surface area contributed by atoms with Crippen LogP contribution in [-0.2, 0) is 25.5 Å². The van der Waals surface area contributed by atoms with E-state index >= 15 is 0 Å². The minimum atomic E-state index is -0.691. The number of nitrogens with one attached hydrogen (secondary N) is 1. The number of carbonyl (C=O) groups is 2. The highest BCUT2D eigenvalue weighted by Gasteiger charge is 2.29. The summed E-state index contributed by atoms with van der Waals surface area (Å²) in [5.41, 5.74) is 3.35. The molecule has 22 heavy (non-hydrogen) atoms. The highest BCUT2D eigenvalue weighted by atomic mass is 16.5. The Hall–Kier alpha value is -1.88. The number of esters is 1. The lowest BCUT2D eigenvalue weighted by Gasteiger charge is -2.19. The second-order valence-electron chi connectivity index (χ2n) is 5.71. The van der Waals surface area contributed by atoms with E-state index < -0.39 is 18.1 Å². The highest BCUT2D eigenvalue weighted by molar-refractivity contribution is 5.87. The molecular formula is C17H23NO4. The van der Waals surface area contributed by atoms with Crippen molar-refractivity contribution in [1.29, 1.82) is 0 Å². The quantitative estimate of drug-likeness (QED) is 0.841. The predicted octanol–water partition coefficient (Wildman–Crippen LogP) is 1.68. The van der Waals surface area contributed by atoms with Crippen molar-refractivity contribution < 1.29 is 19.1 Å². The normalized spacial score (nSPS) is 18.8. The summed E-state index contributed by atoms with van der Waals surface area (Å²) in [6, 6.07) is 5.32. The van der Waals surface area contributed by atoms with Crippen molar-refractivity contribution >= 4 is 11.9 Å². The van der Waals surface area contributed by atoms with E-state index in [1.807, 2.05) is 32.0 Å². The summed E-state index contributed by atoms with van der Waals surface area (Å²) in [7, 11) is 1.33. The van der Waals surface area contributed by atoms with Crippen LogP contribution in [0.2, 0.25) is 0 Å². The number of methoxy groups -OCH3 is 1. The number of rotatable bonds is 5. The molecule has 5 nitrogen and oxygen atoms in total. The lowest BCUT2D eigenvalue weighted by Crippen LogP contribution is -2.47. The smallest absolute Gasteiger partial charge is 0.328 e. The predicted molar refractivity (Wildman–Crippen MR) is 82.5 cm³/mol. The minimum Gasteiger partial charge on any atom is -0.467 e. The Morgan fingerprint density at radius 2 is 2.14 bits per heavy atom. The molecule has 5 heteroatoms. The van der Waals surface area contributed by atoms with Crippen LogP contribution in [0.1, 0.15) is 29.5 Å². The largest absolute Gasteiger partial charge is 0.467 e. The lowest BCUT2D eigenvalue weighted by molar-refractivity contribution is -0.146. The fraction of sp³-hybridized carbons (Fsp3) is 0.529. The average molecular weight is 305 g/mol. The fourth-order valence-corrected chi connectivity index (χ4v) is 2.55. The highest BCUT2D eigenvalue weighted by Crippen LogP contribution is 2.14. The van der Waals surface area contributed by atoms with Crippen molar-refractivity contribution in [3.63, 3.8) is 0 Å². The Morgan fingerprint density at radius 3 is 2.73 bits per heavy atom. The number of hydrogen-bond donors (Lipinski definition) is 1. The maximum Gasteiger partial charge on any atom is 0.328 e. The zero-order valence-electron chi connectivity index (χ0n) is 13.3. The van der Waals surface area contributed by atoms with Crippen LogP contribution < -0.4 is 5.32 Å². The molecule has 0 spiro atoms. The Kier molecular flexibility index (Phi) is 5.55. The summed E-state index contributed by atoms with van der Waals surface area (Å²) in [6.07, 6.45) is 1.53. The van der Waals surface area contributed by atoms with Crippen LogP contribution in [0.3, 0.4) is 0 Å². The van der Waals surface area contributed by atoms with E-state index in [1.54, 1.807) is 0 Å². The van der Waals surface area contributed by atoms with Gasteiger partial charge >= 0.3 is 5.97 Å². The molecule has 1 heterocycles. The van der Waals surface area contributed by atoms with Crippen molar-refractivity contribution in [3.05, 3.63) is 34.9 Å². The topological polar surface area (TPSA) is 64.6 Å². The molecule has 1 aromatic rings. The summed E-state index contributed by atoms with van der Waals surface area (Å²) in [4.78, 5) is 24.1. The molecule has 0 aromatic heterocycles. The molecule has 1 amide bonds. The molecule has 1 aromatic carbocycles. The molecular weight excluding hydrogens is 282 g/mol. The van der Waals surface area contributed by atoms with Crippen LogP contribution >= 0.6 is 0 Å². The van der Waals surface area contributed by atoms with Gasteiger partial charge in [0.2, 0.25) is 5.91 Å². The Morgan fingerprint density at radius 1 is 1.36 bits per heavy atom. The lowest BCUT2D eigenvalue weighted by atomic mass is 10.0. The minimum absolute atomic E-state index is 0.239. The van der Waals surface area contributed by atoms with Gasteiger partial charge in [-0.05, 0) is 43.4 Å². The monoisotopic (exact) mass is 305 g/mol. The summed E-state index contributed by atoms with van der Waals surface area (Å²) >= 11 is 0. The molecule has 1 fully saturated rings. The Labute approximate surface area is 131 Å². The van der Waals surface area contributed by atoms with Crippen LogP contribution in [0.25, 0.3) is 0 Å². The van der Waals surface area contributed by atoms with Crippen molar-refractivity contribution in [2.45, 2.75) is 45.3 Å². The van der Waals surface area contributed by atoms with Crippen LogP contribution in [0, 0.1) is 13.8 Å². The van der Waals surface area contributed by atoms with E-state index in [2.05, 4.69) is 5.32 Å². The first-order valence-corrected chi connectivity index (χ1v) is 7.57. The van der Waals surface area contributed by atoms with Gasteiger partial charge in [-0.3, -0.25) is 4.79 Å². The second-order valence-corrected chi connectivity index (χ2v) is 5.71. The summed E-state index contributed by atoms with van der Waals surface area (Å²) in [5.74, 6) is -0.679. The van der Waals surface area contributed by atoms with Gasteiger partial charge in [0.25, 0.3) is 0 Å². The number of hydrogen-bond acceptors (Lipinski definition) is 4. The fourth-order valence-electron chi connectivity index (χ4n) is 2.55. The average Bonchev–Trinajstić information content (AvgIpc) is 3.03. The van der Waals surface area contributed by atoms with Gasteiger partial charge in [-0.2, -0.15) is 0 Å². The van der Waals surface area contributed by atoms with Gasteiger partial charge in [0.15, 0.2) is 0 Å². The molecule has 1 saturated heterocycles. The zero-order chi connectivity index (χ0) is 16.1. The molecule has 2 atom stereocenters. The van der Waals surface area contributed by atoms with Gasteiger partial charge in [0, 0.05) is 13.0 Å². The van der Waals surface area contributed by atoms with Crippen LogP contribution in [0.15, 0.2) is 18.2 Å². The van der Waals surface area contributed by atoms with Crippen molar-refractivity contribution in [2.24, 2.45) is 0 Å². The zero-order valence-corrected chi connectivity index (χ0v) is 13.3. The first-order chi connectivity index (χ1) is 10.5. The summed E-state index contributed by atoms with van der Waals surface area (Å²) in [5, 5.41) is 2.75. The maximum atomic E-state index is 12.1. The number of ether oxygens (including phenoxy) is 2. The first kappa shape index (κ1) is 16.5. The maximum absolute atomic E-state index is 12.1. The van der Waals surface area contributed by atoms with Gasteiger partial charge in [-0.25, -0.2) is 4.79 Å². The molecule has 2 rings (SSSR count). The molecule has 1 aliphatic heterocycles. The van der Waals surface area contributed by atoms with E-state index in [-0.39, 0.29) is 5.91 Å².